The van der Waals surface area contributed by atoms with Crippen molar-refractivity contribution in [3.8, 4) is 0 Å². The highest BCUT2D eigenvalue weighted by atomic mass is 32.1. The Morgan fingerprint density at radius 1 is 1.39 bits per heavy atom. The van der Waals surface area contributed by atoms with Crippen LogP contribution in [0.2, 0.25) is 0 Å². The molecule has 1 aromatic heterocycles. The maximum Gasteiger partial charge on any atom is 0.307 e. The van der Waals surface area contributed by atoms with Gasteiger partial charge in [-0.05, 0) is 31.7 Å². The number of carbonyl (C=O) groups is 2. The molecular weight excluding hydrogens is 250 g/mol. The maximum atomic E-state index is 11.5. The number of hydrogen-bond acceptors (Lipinski definition) is 4. The summed E-state index contributed by atoms with van der Waals surface area (Å²) in [5.41, 5.74) is 0. The van der Waals surface area contributed by atoms with Gasteiger partial charge in [0.2, 0.25) is 5.91 Å². The normalized spacial score (nSPS) is 10.4. The monoisotopic (exact) mass is 269 g/mol. The molecule has 1 N–H and O–H groups in total. The summed E-state index contributed by atoms with van der Waals surface area (Å²) >= 11 is 1.65. The molecule has 0 aliphatic heterocycles. The average molecular weight is 269 g/mol. The highest BCUT2D eigenvalue weighted by molar-refractivity contribution is 7.09. The van der Waals surface area contributed by atoms with E-state index in [1.165, 1.54) is 4.88 Å². The first-order chi connectivity index (χ1) is 8.58. The molecule has 1 rings (SSSR count). The van der Waals surface area contributed by atoms with Crippen LogP contribution in [-0.4, -0.2) is 24.5 Å². The predicted molar refractivity (Wildman–Crippen MR) is 71.5 cm³/mol. The minimum atomic E-state index is -0.274. The number of hydrogen-bond donors (Lipinski definition) is 1. The van der Waals surface area contributed by atoms with Gasteiger partial charge in [0.15, 0.2) is 0 Å². The van der Waals surface area contributed by atoms with Gasteiger partial charge in [0, 0.05) is 17.8 Å². The number of thiophene rings is 1. The number of amides is 1. The lowest BCUT2D eigenvalue weighted by molar-refractivity contribution is -0.147. The van der Waals surface area contributed by atoms with Crippen LogP contribution >= 0.6 is 11.3 Å². The Hall–Kier alpha value is -1.36. The zero-order valence-electron chi connectivity index (χ0n) is 10.8. The Labute approximate surface area is 111 Å². The van der Waals surface area contributed by atoms with Gasteiger partial charge in [0.25, 0.3) is 0 Å². The molecule has 1 aromatic rings. The molecule has 0 spiro atoms. The maximum absolute atomic E-state index is 11.5. The lowest BCUT2D eigenvalue weighted by Gasteiger charge is -2.08. The van der Waals surface area contributed by atoms with Crippen LogP contribution < -0.4 is 5.32 Å². The number of aryl methyl sites for hydroxylation is 1. The van der Waals surface area contributed by atoms with E-state index in [2.05, 4.69) is 5.32 Å². The first-order valence-corrected chi connectivity index (χ1v) is 6.94. The van der Waals surface area contributed by atoms with Gasteiger partial charge in [0.1, 0.15) is 0 Å². The Morgan fingerprint density at radius 2 is 2.17 bits per heavy atom. The zero-order chi connectivity index (χ0) is 13.4. The highest BCUT2D eigenvalue weighted by Gasteiger charge is 2.07. The van der Waals surface area contributed by atoms with Gasteiger partial charge in [-0.15, -0.1) is 11.3 Å². The summed E-state index contributed by atoms with van der Waals surface area (Å²) in [6.07, 6.45) is 1.33. The van der Waals surface area contributed by atoms with Crippen LogP contribution in [0.5, 0.6) is 0 Å². The average Bonchev–Trinajstić information content (AvgIpc) is 2.78. The summed E-state index contributed by atoms with van der Waals surface area (Å²) in [5, 5.41) is 4.71. The topological polar surface area (TPSA) is 55.4 Å². The third-order valence-corrected chi connectivity index (χ3v) is 3.13. The van der Waals surface area contributed by atoms with E-state index in [9.17, 15) is 9.59 Å². The van der Waals surface area contributed by atoms with Crippen LogP contribution in [0.4, 0.5) is 0 Å². The zero-order valence-corrected chi connectivity index (χ0v) is 11.6. The quantitative estimate of drug-likeness (QED) is 0.772. The van der Waals surface area contributed by atoms with Crippen molar-refractivity contribution in [3.63, 3.8) is 0 Å². The molecule has 100 valence electrons. The van der Waals surface area contributed by atoms with Crippen LogP contribution in [0.15, 0.2) is 17.5 Å². The molecule has 1 amide bonds. The fraction of sp³-hybridized carbons (Fsp3) is 0.538. The number of nitrogens with one attached hydrogen (secondary N) is 1. The van der Waals surface area contributed by atoms with Gasteiger partial charge in [-0.2, -0.15) is 0 Å². The number of ether oxygens (including phenoxy) is 1. The molecular formula is C13H19NO3S. The lowest BCUT2D eigenvalue weighted by Crippen LogP contribution is -2.27. The second kappa shape index (κ2) is 7.87. The van der Waals surface area contributed by atoms with E-state index in [-0.39, 0.29) is 24.4 Å². The predicted octanol–water partition coefficient (Wildman–Crippen LogP) is 2.14. The summed E-state index contributed by atoms with van der Waals surface area (Å²) in [4.78, 5) is 23.9. The molecule has 0 unspecified atom stereocenters. The van der Waals surface area contributed by atoms with Crippen molar-refractivity contribution in [1.29, 1.82) is 0 Å². The van der Waals surface area contributed by atoms with Crippen LogP contribution in [0, 0.1) is 0 Å². The fourth-order valence-electron chi connectivity index (χ4n) is 1.41. The summed E-state index contributed by atoms with van der Waals surface area (Å²) in [6, 6.07) is 3.98. The molecule has 0 radical (unpaired) electrons. The fourth-order valence-corrected chi connectivity index (χ4v) is 2.11. The van der Waals surface area contributed by atoms with E-state index in [0.717, 1.165) is 6.42 Å². The minimum Gasteiger partial charge on any atom is -0.463 e. The SMILES string of the molecule is CC(C)OC(=O)CCNC(=O)CCc1cccs1. The van der Waals surface area contributed by atoms with Gasteiger partial charge >= 0.3 is 5.97 Å². The van der Waals surface area contributed by atoms with Crippen LogP contribution in [0.3, 0.4) is 0 Å². The number of carbonyl (C=O) groups excluding carboxylic acids is 2. The van der Waals surface area contributed by atoms with Gasteiger partial charge in [-0.3, -0.25) is 9.59 Å². The summed E-state index contributed by atoms with van der Waals surface area (Å²) in [7, 11) is 0. The standard InChI is InChI=1S/C13H19NO3S/c1-10(2)17-13(16)7-8-14-12(15)6-5-11-4-3-9-18-11/h3-4,9-10H,5-8H2,1-2H3,(H,14,15). The molecule has 4 nitrogen and oxygen atoms in total. The third-order valence-electron chi connectivity index (χ3n) is 2.20. The molecule has 18 heavy (non-hydrogen) atoms. The van der Waals surface area contributed by atoms with Crippen molar-refractivity contribution in [1.82, 2.24) is 5.32 Å². The molecule has 0 fully saturated rings. The molecule has 0 saturated carbocycles. The minimum absolute atomic E-state index is 0.0271. The Morgan fingerprint density at radius 3 is 2.78 bits per heavy atom. The smallest absolute Gasteiger partial charge is 0.307 e. The molecule has 1 heterocycles. The van der Waals surface area contributed by atoms with E-state index in [0.29, 0.717) is 13.0 Å². The largest absolute Gasteiger partial charge is 0.463 e. The van der Waals surface area contributed by atoms with Crippen molar-refractivity contribution in [2.75, 3.05) is 6.54 Å². The van der Waals surface area contributed by atoms with Crippen molar-refractivity contribution in [2.24, 2.45) is 0 Å². The summed E-state index contributed by atoms with van der Waals surface area (Å²) < 4.78 is 4.96. The Balaban J connectivity index is 2.08. The molecule has 0 saturated heterocycles. The van der Waals surface area contributed by atoms with Gasteiger partial charge in [-0.1, -0.05) is 6.07 Å². The molecule has 0 atom stereocenters. The van der Waals surface area contributed by atoms with Gasteiger partial charge in [-0.25, -0.2) is 0 Å². The van der Waals surface area contributed by atoms with Gasteiger partial charge < -0.3 is 10.1 Å². The van der Waals surface area contributed by atoms with Crippen LogP contribution in [0.1, 0.15) is 31.6 Å². The lowest BCUT2D eigenvalue weighted by atomic mass is 10.2. The van der Waals surface area contributed by atoms with Crippen molar-refractivity contribution >= 4 is 23.2 Å². The van der Waals surface area contributed by atoms with E-state index in [1.54, 1.807) is 25.2 Å². The molecule has 0 aliphatic carbocycles. The molecule has 0 aromatic carbocycles. The Bertz CT molecular complexity index is 374. The second-order valence-corrected chi connectivity index (χ2v) is 5.25. The van der Waals surface area contributed by atoms with Crippen LogP contribution in [-0.2, 0) is 20.7 Å². The Kier molecular flexibility index (Phi) is 6.43. The molecule has 5 heteroatoms. The van der Waals surface area contributed by atoms with E-state index < -0.39 is 0 Å². The molecule has 0 aliphatic rings. The summed E-state index contributed by atoms with van der Waals surface area (Å²) in [5.74, 6) is -0.302. The first kappa shape index (κ1) is 14.7. The first-order valence-electron chi connectivity index (χ1n) is 6.06. The number of rotatable bonds is 7. The van der Waals surface area contributed by atoms with Crippen molar-refractivity contribution in [3.05, 3.63) is 22.4 Å². The third kappa shape index (κ3) is 6.39. The van der Waals surface area contributed by atoms with E-state index in [1.807, 2.05) is 17.5 Å². The van der Waals surface area contributed by atoms with Crippen molar-refractivity contribution in [2.45, 2.75) is 39.2 Å². The number of esters is 1. The van der Waals surface area contributed by atoms with Crippen LogP contribution in [0.25, 0.3) is 0 Å². The summed E-state index contributed by atoms with van der Waals surface area (Å²) in [6.45, 7) is 3.95. The van der Waals surface area contributed by atoms with Crippen molar-refractivity contribution < 1.29 is 14.3 Å². The molecule has 0 bridgehead atoms. The van der Waals surface area contributed by atoms with E-state index >= 15 is 0 Å². The van der Waals surface area contributed by atoms with Gasteiger partial charge in [0.05, 0.1) is 12.5 Å². The van der Waals surface area contributed by atoms with E-state index in [4.69, 9.17) is 4.74 Å². The second-order valence-electron chi connectivity index (χ2n) is 4.22. The highest BCUT2D eigenvalue weighted by Crippen LogP contribution is 2.10.